The molecule has 0 radical (unpaired) electrons. The van der Waals surface area contributed by atoms with Gasteiger partial charge in [-0.05, 0) is 0 Å². The van der Waals surface area contributed by atoms with E-state index in [0.29, 0.717) is 0 Å². The zero-order valence-electron chi connectivity index (χ0n) is 6.94. The summed E-state index contributed by atoms with van der Waals surface area (Å²) < 4.78 is 3.90. The minimum absolute atomic E-state index is 0.996. The van der Waals surface area contributed by atoms with Gasteiger partial charge in [-0.15, -0.1) is 0 Å². The van der Waals surface area contributed by atoms with Crippen molar-refractivity contribution in [1.82, 2.24) is 0 Å². The van der Waals surface area contributed by atoms with E-state index in [9.17, 15) is 0 Å². The Kier molecular flexibility index (Phi) is 2.57. The number of hydrogen-bond donors (Lipinski definition) is 0. The van der Waals surface area contributed by atoms with Crippen molar-refractivity contribution in [3.05, 3.63) is 28.8 Å². The van der Waals surface area contributed by atoms with Gasteiger partial charge in [0.15, 0.2) is 0 Å². The second kappa shape index (κ2) is 3.28. The molecule has 0 amide bonds. The van der Waals surface area contributed by atoms with Gasteiger partial charge < -0.3 is 0 Å². The molecule has 0 saturated carbocycles. The predicted octanol–water partition coefficient (Wildman–Crippen LogP) is 2.97. The number of aryl methyl sites for hydroxylation is 3. The van der Waals surface area contributed by atoms with Crippen LogP contribution in [0.4, 0.5) is 5.69 Å². The number of rotatable bonds is 1. The summed E-state index contributed by atoms with van der Waals surface area (Å²) in [7, 11) is 0. The van der Waals surface area contributed by atoms with Crippen molar-refractivity contribution in [1.29, 1.82) is 0 Å². The molecule has 0 aliphatic heterocycles. The van der Waals surface area contributed by atoms with Crippen LogP contribution in [0.2, 0.25) is 0 Å². The molecule has 0 unspecified atom stereocenters. The molecule has 0 spiro atoms. The quantitative estimate of drug-likeness (QED) is 0.648. The summed E-state index contributed by atoms with van der Waals surface area (Å²) in [6.45, 7) is 6.18. The van der Waals surface area contributed by atoms with Crippen molar-refractivity contribution in [3.8, 4) is 0 Å². The van der Waals surface area contributed by atoms with Crippen LogP contribution in [-0.4, -0.2) is 0 Å². The molecule has 0 N–H and O–H groups in total. The molecule has 1 rings (SSSR count). The van der Waals surface area contributed by atoms with Crippen LogP contribution in [0.25, 0.3) is 0 Å². The second-order valence-electron chi connectivity index (χ2n) is 2.82. The maximum atomic E-state index is 3.96. The zero-order chi connectivity index (χ0) is 8.43. The van der Waals surface area contributed by atoms with Crippen molar-refractivity contribution in [2.24, 2.45) is 4.00 Å². The van der Waals surface area contributed by atoms with Crippen LogP contribution < -0.4 is 0 Å². The molecule has 11 heavy (non-hydrogen) atoms. The van der Waals surface area contributed by atoms with Crippen molar-refractivity contribution < 1.29 is 15.5 Å². The normalized spacial score (nSPS) is 9.82. The van der Waals surface area contributed by atoms with Crippen LogP contribution >= 0.6 is 0 Å². The van der Waals surface area contributed by atoms with Crippen LogP contribution in [0.5, 0.6) is 0 Å². The van der Waals surface area contributed by atoms with Crippen LogP contribution in [0.15, 0.2) is 16.1 Å². The zero-order valence-corrected chi connectivity index (χ0v) is 7.98. The average Bonchev–Trinajstić information content (AvgIpc) is 1.85. The summed E-state index contributed by atoms with van der Waals surface area (Å²) in [5.41, 5.74) is 4.65. The average molecular weight is 192 g/mol. The van der Waals surface area contributed by atoms with Gasteiger partial charge in [-0.25, -0.2) is 0 Å². The van der Waals surface area contributed by atoms with E-state index in [1.54, 1.807) is 0 Å². The summed E-state index contributed by atoms with van der Waals surface area (Å²) in [5, 5.41) is 0. The minimum atomic E-state index is 0.996. The van der Waals surface area contributed by atoms with Crippen LogP contribution in [0.3, 0.4) is 0 Å². The van der Waals surface area contributed by atoms with E-state index in [1.807, 2.05) is 13.8 Å². The first-order valence-corrected chi connectivity index (χ1v) is 3.99. The first kappa shape index (κ1) is 8.62. The van der Waals surface area contributed by atoms with E-state index in [0.717, 1.165) is 5.69 Å². The monoisotopic (exact) mass is 192 g/mol. The van der Waals surface area contributed by atoms with E-state index >= 15 is 0 Å². The summed E-state index contributed by atoms with van der Waals surface area (Å²) in [4.78, 5) is 0. The fraction of sp³-hybridized carbons (Fsp3) is 0.333. The molecule has 0 aliphatic rings. The Morgan fingerprint density at radius 2 is 1.55 bits per heavy atom. The van der Waals surface area contributed by atoms with Gasteiger partial charge in [-0.1, -0.05) is 0 Å². The SMILES string of the molecule is Cc1cc(C)c([N]=[Co])c(C)c1. The van der Waals surface area contributed by atoms with Crippen molar-refractivity contribution in [2.45, 2.75) is 20.8 Å². The third-order valence-electron chi connectivity index (χ3n) is 1.71. The summed E-state index contributed by atoms with van der Waals surface area (Å²) in [6, 6.07) is 4.22. The van der Waals surface area contributed by atoms with Gasteiger partial charge in [-0.2, -0.15) is 0 Å². The van der Waals surface area contributed by atoms with Crippen LogP contribution in [0.1, 0.15) is 16.7 Å². The molecule has 0 aromatic heterocycles. The third-order valence-corrected chi connectivity index (χ3v) is 1.94. The fourth-order valence-electron chi connectivity index (χ4n) is 1.29. The fourth-order valence-corrected chi connectivity index (χ4v) is 1.66. The van der Waals surface area contributed by atoms with E-state index in [1.165, 1.54) is 16.7 Å². The predicted molar refractivity (Wildman–Crippen MR) is 42.7 cm³/mol. The Bertz CT molecular complexity index is 269. The molecule has 1 aromatic carbocycles. The summed E-state index contributed by atoms with van der Waals surface area (Å²) in [5.74, 6) is 0. The van der Waals surface area contributed by atoms with Crippen molar-refractivity contribution in [3.63, 3.8) is 0 Å². The molecule has 0 aliphatic carbocycles. The molecule has 0 bridgehead atoms. The van der Waals surface area contributed by atoms with Gasteiger partial charge >= 0.3 is 74.8 Å². The van der Waals surface area contributed by atoms with E-state index < -0.39 is 0 Å². The van der Waals surface area contributed by atoms with Crippen molar-refractivity contribution >= 4 is 5.69 Å². The summed E-state index contributed by atoms with van der Waals surface area (Å²) >= 11 is 3.96. The first-order valence-electron chi connectivity index (χ1n) is 3.53. The molecule has 61 valence electrons. The first-order chi connectivity index (χ1) is 5.15. The Morgan fingerprint density at radius 1 is 1.09 bits per heavy atom. The van der Waals surface area contributed by atoms with E-state index in [-0.39, 0.29) is 0 Å². The molecule has 0 heterocycles. The number of nitrogens with zero attached hydrogens (tertiary/aromatic N) is 1. The Hall–Kier alpha value is -0.474. The Balaban J connectivity index is 3.36. The molecule has 0 saturated heterocycles. The maximum absolute atomic E-state index is 3.96. The van der Waals surface area contributed by atoms with Gasteiger partial charge in [0.25, 0.3) is 0 Å². The molecule has 1 aromatic rings. The van der Waals surface area contributed by atoms with E-state index in [2.05, 4.69) is 38.6 Å². The molecule has 0 atom stereocenters. The summed E-state index contributed by atoms with van der Waals surface area (Å²) in [6.07, 6.45) is 0. The van der Waals surface area contributed by atoms with Crippen LogP contribution in [0, 0.1) is 20.8 Å². The molecule has 2 heteroatoms. The molecular weight excluding hydrogens is 181 g/mol. The second-order valence-corrected chi connectivity index (χ2v) is 3.05. The van der Waals surface area contributed by atoms with Gasteiger partial charge in [0, 0.05) is 0 Å². The third kappa shape index (κ3) is 1.76. The molecular formula is C9H11CoN. The molecule has 1 nitrogen and oxygen atoms in total. The van der Waals surface area contributed by atoms with Gasteiger partial charge in [0.2, 0.25) is 0 Å². The van der Waals surface area contributed by atoms with E-state index in [4.69, 9.17) is 0 Å². The van der Waals surface area contributed by atoms with Crippen LogP contribution in [-0.2, 0) is 15.5 Å². The standard InChI is InChI=1S/C9H11N.Co/c1-6-4-7(2)9(10)8(3)5-6;/h4-5H,1-3H3;. The van der Waals surface area contributed by atoms with Gasteiger partial charge in [0.05, 0.1) is 0 Å². The van der Waals surface area contributed by atoms with Gasteiger partial charge in [0.1, 0.15) is 0 Å². The number of hydrogen-bond acceptors (Lipinski definition) is 1. The van der Waals surface area contributed by atoms with Crippen molar-refractivity contribution in [2.75, 3.05) is 0 Å². The number of benzene rings is 1. The Labute approximate surface area is 75.2 Å². The topological polar surface area (TPSA) is 12.4 Å². The Morgan fingerprint density at radius 3 is 1.91 bits per heavy atom. The molecule has 0 fully saturated rings. The van der Waals surface area contributed by atoms with Gasteiger partial charge in [-0.3, -0.25) is 0 Å².